The van der Waals surface area contributed by atoms with E-state index in [1.54, 1.807) is 36.4 Å². The average molecular weight is 563 g/mol. The topological polar surface area (TPSA) is 153 Å². The molecular formula is C28H31FN8O4. The highest BCUT2D eigenvalue weighted by atomic mass is 19.1. The van der Waals surface area contributed by atoms with E-state index in [1.165, 1.54) is 41.7 Å². The number of nitrogens with zero attached hydrogens (tertiary/aromatic N) is 6. The van der Waals surface area contributed by atoms with E-state index in [0.717, 1.165) is 11.3 Å². The number of ether oxygens (including phenoxy) is 1. The molecule has 5 rings (SSSR count). The number of carbonyl (C=O) groups excluding carboxylic acids is 2. The molecule has 0 spiro atoms. The zero-order valence-electron chi connectivity index (χ0n) is 23.1. The number of aromatic nitrogens is 5. The lowest BCUT2D eigenvalue weighted by Crippen LogP contribution is -2.64. The van der Waals surface area contributed by atoms with E-state index in [-0.39, 0.29) is 17.9 Å². The van der Waals surface area contributed by atoms with E-state index in [1.807, 2.05) is 13.0 Å². The number of anilines is 2. The summed E-state index contributed by atoms with van der Waals surface area (Å²) in [6, 6.07) is 7.08. The molecule has 4 aromatic rings. The number of halogens is 1. The van der Waals surface area contributed by atoms with Gasteiger partial charge in [0.2, 0.25) is 11.9 Å². The number of nitrogens with two attached hydrogens (primary N) is 1. The maximum atomic E-state index is 14.4. The molecule has 4 N–H and O–H groups in total. The first-order valence-corrected chi connectivity index (χ1v) is 12.9. The number of benzene rings is 1. The van der Waals surface area contributed by atoms with E-state index < -0.39 is 35.8 Å². The highest BCUT2D eigenvalue weighted by molar-refractivity contribution is 5.92. The van der Waals surface area contributed by atoms with E-state index in [4.69, 9.17) is 10.5 Å². The Balaban J connectivity index is 1.50. The van der Waals surface area contributed by atoms with Gasteiger partial charge in [-0.3, -0.25) is 14.0 Å². The van der Waals surface area contributed by atoms with Gasteiger partial charge < -0.3 is 25.8 Å². The molecule has 0 saturated heterocycles. The third-order valence-electron chi connectivity index (χ3n) is 7.69. The van der Waals surface area contributed by atoms with Crippen molar-refractivity contribution in [2.75, 3.05) is 25.6 Å². The minimum Gasteiger partial charge on any atom is -0.497 e. The lowest BCUT2D eigenvalue weighted by atomic mass is 9.78. The summed E-state index contributed by atoms with van der Waals surface area (Å²) in [5.41, 5.74) is 7.34. The van der Waals surface area contributed by atoms with Crippen molar-refractivity contribution in [1.29, 1.82) is 0 Å². The van der Waals surface area contributed by atoms with Gasteiger partial charge in [-0.1, -0.05) is 0 Å². The molecule has 4 heterocycles. The van der Waals surface area contributed by atoms with Gasteiger partial charge in [0.1, 0.15) is 22.9 Å². The predicted octanol–water partition coefficient (Wildman–Crippen LogP) is 2.72. The largest absolute Gasteiger partial charge is 0.497 e. The van der Waals surface area contributed by atoms with E-state index in [2.05, 4.69) is 20.4 Å². The molecular weight excluding hydrogens is 531 g/mol. The minimum atomic E-state index is -1.68. The van der Waals surface area contributed by atoms with Crippen LogP contribution >= 0.6 is 0 Å². The highest BCUT2D eigenvalue weighted by Crippen LogP contribution is 2.38. The van der Waals surface area contributed by atoms with Gasteiger partial charge in [-0.2, -0.15) is 5.10 Å². The Bertz CT molecular complexity index is 1630. The van der Waals surface area contributed by atoms with Gasteiger partial charge in [0, 0.05) is 61.7 Å². The van der Waals surface area contributed by atoms with Crippen molar-refractivity contribution in [3.63, 3.8) is 0 Å². The van der Waals surface area contributed by atoms with Crippen molar-refractivity contribution >= 4 is 23.7 Å². The molecule has 1 unspecified atom stereocenters. The second-order valence-electron chi connectivity index (χ2n) is 10.1. The Kier molecular flexibility index (Phi) is 7.22. The molecule has 0 aliphatic carbocycles. The van der Waals surface area contributed by atoms with E-state index >= 15 is 0 Å². The normalized spacial score (nSPS) is 15.3. The molecule has 1 aliphatic heterocycles. The highest BCUT2D eigenvalue weighted by Gasteiger charge is 2.49. The fraction of sp³-hybridized carbons (Fsp3) is 0.321. The summed E-state index contributed by atoms with van der Waals surface area (Å²) in [6.07, 6.45) is 5.41. The maximum Gasteiger partial charge on any atom is 0.329 e. The monoisotopic (exact) mass is 562 g/mol. The van der Waals surface area contributed by atoms with Crippen LogP contribution in [0.25, 0.3) is 11.3 Å². The third-order valence-corrected chi connectivity index (χ3v) is 7.69. The molecule has 3 aromatic heterocycles. The summed E-state index contributed by atoms with van der Waals surface area (Å²) >= 11 is 0. The van der Waals surface area contributed by atoms with Gasteiger partial charge in [0.25, 0.3) is 0 Å². The minimum absolute atomic E-state index is 0.154. The first-order valence-electron chi connectivity index (χ1n) is 12.9. The average Bonchev–Trinajstić information content (AvgIpc) is 3.56. The first-order chi connectivity index (χ1) is 19.6. The van der Waals surface area contributed by atoms with Crippen LogP contribution in [-0.4, -0.2) is 72.1 Å². The molecule has 214 valence electrons. The number of aliphatic hydroxyl groups excluding tert-OH is 1. The van der Waals surface area contributed by atoms with Crippen LogP contribution in [0, 0.1) is 12.7 Å². The van der Waals surface area contributed by atoms with Gasteiger partial charge in [-0.15, -0.1) is 0 Å². The van der Waals surface area contributed by atoms with Crippen LogP contribution < -0.4 is 15.8 Å². The zero-order chi connectivity index (χ0) is 29.5. The quantitative estimate of drug-likeness (QED) is 0.281. The van der Waals surface area contributed by atoms with Crippen LogP contribution in [0.1, 0.15) is 29.7 Å². The fourth-order valence-corrected chi connectivity index (χ4v) is 5.30. The van der Waals surface area contributed by atoms with Gasteiger partial charge in [-0.05, 0) is 43.2 Å². The Morgan fingerprint density at radius 1 is 1.32 bits per heavy atom. The van der Waals surface area contributed by atoms with Crippen LogP contribution in [0.5, 0.6) is 5.75 Å². The lowest BCUT2D eigenvalue weighted by Gasteiger charge is -2.45. The van der Waals surface area contributed by atoms with Gasteiger partial charge in [0.15, 0.2) is 0 Å². The molecule has 0 radical (unpaired) electrons. The van der Waals surface area contributed by atoms with Crippen molar-refractivity contribution in [3.05, 3.63) is 71.6 Å². The maximum absolute atomic E-state index is 14.4. The van der Waals surface area contributed by atoms with Crippen LogP contribution in [0.15, 0.2) is 48.9 Å². The van der Waals surface area contributed by atoms with E-state index in [0.29, 0.717) is 29.4 Å². The molecule has 1 aromatic carbocycles. The van der Waals surface area contributed by atoms with Crippen molar-refractivity contribution in [2.24, 2.45) is 12.8 Å². The second-order valence-corrected chi connectivity index (χ2v) is 10.1. The number of amides is 2. The van der Waals surface area contributed by atoms with Crippen molar-refractivity contribution in [3.8, 4) is 17.0 Å². The number of aliphatic hydroxyl groups is 1. The molecule has 12 nitrogen and oxygen atoms in total. The number of hydrogen-bond donors (Lipinski definition) is 3. The summed E-state index contributed by atoms with van der Waals surface area (Å²) in [4.78, 5) is 37.3. The van der Waals surface area contributed by atoms with Crippen LogP contribution in [0.2, 0.25) is 0 Å². The number of rotatable bonds is 9. The Morgan fingerprint density at radius 2 is 2.10 bits per heavy atom. The van der Waals surface area contributed by atoms with Crippen molar-refractivity contribution in [1.82, 2.24) is 29.2 Å². The molecule has 13 heteroatoms. The molecule has 2 amide bonds. The molecule has 41 heavy (non-hydrogen) atoms. The third kappa shape index (κ3) is 4.88. The predicted molar refractivity (Wildman–Crippen MR) is 148 cm³/mol. The molecule has 2 atom stereocenters. The number of methoxy groups -OCH3 is 1. The summed E-state index contributed by atoms with van der Waals surface area (Å²) in [6.45, 7) is 2.95. The summed E-state index contributed by atoms with van der Waals surface area (Å²) < 4.78 is 22.7. The number of nitrogens with one attached hydrogen (secondary N) is 1. The smallest absolute Gasteiger partial charge is 0.329 e. The first kappa shape index (κ1) is 27.8. The van der Waals surface area contributed by atoms with Gasteiger partial charge >= 0.3 is 6.03 Å². The van der Waals surface area contributed by atoms with Crippen LogP contribution in [-0.2, 0) is 18.3 Å². The molecule has 1 aliphatic rings. The van der Waals surface area contributed by atoms with Crippen molar-refractivity contribution < 1.29 is 23.8 Å². The Hall–Kier alpha value is -4.78. The summed E-state index contributed by atoms with van der Waals surface area (Å²) in [5.74, 6) is -1.17. The summed E-state index contributed by atoms with van der Waals surface area (Å²) in [7, 11) is 3.18. The number of carbonyl (C=O) groups is 2. The molecule has 0 fully saturated rings. The fourth-order valence-electron chi connectivity index (χ4n) is 5.30. The molecule has 0 bridgehead atoms. The number of fused-ring (bicyclic) bond motifs is 1. The standard InChI is InChI=1S/C28H31FN8O4/c1-16-13-31-26(33-23-5-7-32-35(23)3)34-24(16)18-10-20-6-8-37(27(40)36(20)14-18)28(2,25(30)39)22(15-38)17-9-19(29)12-21(11-17)41-4/h5,7,9-14,22,38H,6,8,15H2,1-4H3,(H2,30,39)(H,31,33,34)/t22-,28?/m0/s1. The van der Waals surface area contributed by atoms with Crippen LogP contribution in [0.3, 0.4) is 0 Å². The SMILES string of the molecule is COc1cc(F)cc([C@H](CO)C(C)(C(N)=O)N2CCc3cc(-c4nc(Nc5ccnn5C)ncc4C)cn3C2=O)c1. The van der Waals surface area contributed by atoms with Crippen molar-refractivity contribution in [2.45, 2.75) is 31.7 Å². The zero-order valence-corrected chi connectivity index (χ0v) is 23.1. The van der Waals surface area contributed by atoms with E-state index in [9.17, 15) is 19.1 Å². The Labute approximate surface area is 235 Å². The van der Waals surface area contributed by atoms with Gasteiger partial charge in [-0.25, -0.2) is 19.2 Å². The second kappa shape index (κ2) is 10.7. The Morgan fingerprint density at radius 3 is 2.76 bits per heavy atom. The van der Waals surface area contributed by atoms with Gasteiger partial charge in [0.05, 0.1) is 25.6 Å². The number of aryl methyl sites for hydroxylation is 2. The summed E-state index contributed by atoms with van der Waals surface area (Å²) in [5, 5.41) is 17.7. The van der Waals surface area contributed by atoms with Crippen LogP contribution in [0.4, 0.5) is 21.0 Å². The molecule has 0 saturated carbocycles. The number of hydrogen-bond acceptors (Lipinski definition) is 8. The lowest BCUT2D eigenvalue weighted by molar-refractivity contribution is -0.130. The number of primary amides is 1.